The van der Waals surface area contributed by atoms with Gasteiger partial charge in [0.1, 0.15) is 11.5 Å². The van der Waals surface area contributed by atoms with Crippen molar-refractivity contribution in [3.05, 3.63) is 65.2 Å². The van der Waals surface area contributed by atoms with Crippen LogP contribution in [0.5, 0.6) is 11.5 Å². The third-order valence-corrected chi connectivity index (χ3v) is 2.81. The Morgan fingerprint density at radius 2 is 1.52 bits per heavy atom. The molecular formula is C16H10ClF3O3. The van der Waals surface area contributed by atoms with Crippen molar-refractivity contribution in [1.82, 2.24) is 0 Å². The van der Waals surface area contributed by atoms with Gasteiger partial charge < -0.3 is 9.47 Å². The van der Waals surface area contributed by atoms with E-state index >= 15 is 0 Å². The molecule has 0 aliphatic carbocycles. The molecule has 0 aromatic heterocycles. The molecule has 0 heterocycles. The van der Waals surface area contributed by atoms with E-state index < -0.39 is 12.3 Å². The molecule has 2 aromatic carbocycles. The zero-order chi connectivity index (χ0) is 16.9. The molecule has 3 nitrogen and oxygen atoms in total. The normalized spacial score (nSPS) is 11.5. The van der Waals surface area contributed by atoms with Crippen LogP contribution in [0.4, 0.5) is 13.2 Å². The lowest BCUT2D eigenvalue weighted by Gasteiger charge is -2.08. The van der Waals surface area contributed by atoms with Gasteiger partial charge in [0.15, 0.2) is 0 Å². The summed E-state index contributed by atoms with van der Waals surface area (Å²) in [6.07, 6.45) is -2.16. The molecule has 23 heavy (non-hydrogen) atoms. The number of benzene rings is 2. The van der Waals surface area contributed by atoms with Crippen LogP contribution < -0.4 is 9.47 Å². The molecule has 0 atom stereocenters. The molecule has 0 radical (unpaired) electrons. The van der Waals surface area contributed by atoms with Gasteiger partial charge in [-0.2, -0.15) is 0 Å². The SMILES string of the molecule is O=C(/C=C/c1ccc(OC(F)(F)F)cc1)Oc1ccc(Cl)cc1. The molecule has 0 aliphatic heterocycles. The number of hydrogen-bond acceptors (Lipinski definition) is 3. The summed E-state index contributed by atoms with van der Waals surface area (Å²) in [5.74, 6) is -0.626. The zero-order valence-corrected chi connectivity index (χ0v) is 12.3. The van der Waals surface area contributed by atoms with Gasteiger partial charge in [-0.15, -0.1) is 13.2 Å². The van der Waals surface area contributed by atoms with Crippen LogP contribution in [-0.2, 0) is 4.79 Å². The van der Waals surface area contributed by atoms with E-state index in [9.17, 15) is 18.0 Å². The van der Waals surface area contributed by atoms with Crippen LogP contribution in [0.25, 0.3) is 6.08 Å². The van der Waals surface area contributed by atoms with Gasteiger partial charge in [0.2, 0.25) is 0 Å². The monoisotopic (exact) mass is 342 g/mol. The predicted octanol–water partition coefficient (Wildman–Crippen LogP) is 4.86. The molecular weight excluding hydrogens is 333 g/mol. The molecule has 0 fully saturated rings. The highest BCUT2D eigenvalue weighted by Crippen LogP contribution is 2.23. The van der Waals surface area contributed by atoms with Gasteiger partial charge in [-0.3, -0.25) is 0 Å². The Kier molecular flexibility index (Phi) is 5.28. The average Bonchev–Trinajstić information content (AvgIpc) is 2.47. The second kappa shape index (κ2) is 7.19. The van der Waals surface area contributed by atoms with E-state index in [0.29, 0.717) is 16.3 Å². The Labute approximate surface area is 134 Å². The lowest BCUT2D eigenvalue weighted by molar-refractivity contribution is -0.274. The molecule has 0 spiro atoms. The molecule has 120 valence electrons. The molecule has 0 bridgehead atoms. The zero-order valence-electron chi connectivity index (χ0n) is 11.5. The van der Waals surface area contributed by atoms with Gasteiger partial charge >= 0.3 is 12.3 Å². The number of alkyl halides is 3. The third kappa shape index (κ3) is 6.04. The summed E-state index contributed by atoms with van der Waals surface area (Å²) in [5.41, 5.74) is 0.521. The van der Waals surface area contributed by atoms with Crippen LogP contribution in [0.2, 0.25) is 5.02 Å². The Hall–Kier alpha value is -2.47. The predicted molar refractivity (Wildman–Crippen MR) is 79.2 cm³/mol. The van der Waals surface area contributed by atoms with Crippen LogP contribution >= 0.6 is 11.6 Å². The van der Waals surface area contributed by atoms with Gasteiger partial charge in [-0.25, -0.2) is 4.79 Å². The number of hydrogen-bond donors (Lipinski definition) is 0. The fourth-order valence-electron chi connectivity index (χ4n) is 1.60. The van der Waals surface area contributed by atoms with Crippen molar-refractivity contribution in [2.24, 2.45) is 0 Å². The van der Waals surface area contributed by atoms with E-state index in [1.165, 1.54) is 30.3 Å². The largest absolute Gasteiger partial charge is 0.573 e. The molecule has 2 aromatic rings. The molecule has 0 saturated carbocycles. The summed E-state index contributed by atoms with van der Waals surface area (Å²) in [5, 5.41) is 0.515. The minimum atomic E-state index is -4.74. The molecule has 0 amide bonds. The van der Waals surface area contributed by atoms with E-state index in [1.54, 1.807) is 12.1 Å². The molecule has 0 saturated heterocycles. The number of ether oxygens (including phenoxy) is 2. The molecule has 0 N–H and O–H groups in total. The topological polar surface area (TPSA) is 35.5 Å². The van der Waals surface area contributed by atoms with Gasteiger partial charge in [0.05, 0.1) is 0 Å². The highest BCUT2D eigenvalue weighted by molar-refractivity contribution is 6.30. The van der Waals surface area contributed by atoms with Crippen molar-refractivity contribution in [2.75, 3.05) is 0 Å². The molecule has 2 rings (SSSR count). The Bertz CT molecular complexity index is 692. The lowest BCUT2D eigenvalue weighted by Crippen LogP contribution is -2.16. The molecule has 7 heteroatoms. The van der Waals surface area contributed by atoms with Crippen LogP contribution in [0.1, 0.15) is 5.56 Å². The number of rotatable bonds is 4. The third-order valence-electron chi connectivity index (χ3n) is 2.56. The first-order valence-electron chi connectivity index (χ1n) is 6.33. The maximum atomic E-state index is 12.0. The second-order valence-corrected chi connectivity index (χ2v) is 4.76. The first-order valence-corrected chi connectivity index (χ1v) is 6.71. The summed E-state index contributed by atoms with van der Waals surface area (Å²) >= 11 is 5.71. The van der Waals surface area contributed by atoms with Crippen LogP contribution in [-0.4, -0.2) is 12.3 Å². The van der Waals surface area contributed by atoms with E-state index in [-0.39, 0.29) is 5.75 Å². The van der Waals surface area contributed by atoms with Crippen LogP contribution in [0, 0.1) is 0 Å². The smallest absolute Gasteiger partial charge is 0.423 e. The van der Waals surface area contributed by atoms with Gasteiger partial charge in [0, 0.05) is 11.1 Å². The maximum absolute atomic E-state index is 12.0. The van der Waals surface area contributed by atoms with Crippen molar-refractivity contribution in [3.63, 3.8) is 0 Å². The van der Waals surface area contributed by atoms with Crippen LogP contribution in [0.3, 0.4) is 0 Å². The number of esters is 1. The highest BCUT2D eigenvalue weighted by Gasteiger charge is 2.30. The number of carbonyl (C=O) groups excluding carboxylic acids is 1. The Morgan fingerprint density at radius 1 is 0.957 bits per heavy atom. The van der Waals surface area contributed by atoms with Crippen LogP contribution in [0.15, 0.2) is 54.6 Å². The quantitative estimate of drug-likeness (QED) is 0.452. The maximum Gasteiger partial charge on any atom is 0.573 e. The second-order valence-electron chi connectivity index (χ2n) is 4.33. The number of carbonyl (C=O) groups is 1. The summed E-state index contributed by atoms with van der Waals surface area (Å²) in [6.45, 7) is 0. The van der Waals surface area contributed by atoms with E-state index in [2.05, 4.69) is 4.74 Å². The summed E-state index contributed by atoms with van der Waals surface area (Å²) < 4.78 is 44.8. The highest BCUT2D eigenvalue weighted by atomic mass is 35.5. The van der Waals surface area contributed by atoms with Crippen molar-refractivity contribution in [3.8, 4) is 11.5 Å². The summed E-state index contributed by atoms with van der Waals surface area (Å²) in [7, 11) is 0. The van der Waals surface area contributed by atoms with E-state index in [1.807, 2.05) is 0 Å². The van der Waals surface area contributed by atoms with Gasteiger partial charge in [0.25, 0.3) is 0 Å². The molecule has 0 unspecified atom stereocenters. The summed E-state index contributed by atoms with van der Waals surface area (Å²) in [6, 6.07) is 11.3. The van der Waals surface area contributed by atoms with Crippen molar-refractivity contribution in [2.45, 2.75) is 6.36 Å². The minimum Gasteiger partial charge on any atom is -0.423 e. The Balaban J connectivity index is 1.94. The van der Waals surface area contributed by atoms with E-state index in [0.717, 1.165) is 18.2 Å². The van der Waals surface area contributed by atoms with Crippen molar-refractivity contribution >= 4 is 23.6 Å². The summed E-state index contributed by atoms with van der Waals surface area (Å²) in [4.78, 5) is 11.6. The van der Waals surface area contributed by atoms with E-state index in [4.69, 9.17) is 16.3 Å². The minimum absolute atomic E-state index is 0.331. The van der Waals surface area contributed by atoms with Crippen molar-refractivity contribution in [1.29, 1.82) is 0 Å². The lowest BCUT2D eigenvalue weighted by atomic mass is 10.2. The molecule has 0 aliphatic rings. The fourth-order valence-corrected chi connectivity index (χ4v) is 1.72. The van der Waals surface area contributed by atoms with Gasteiger partial charge in [-0.05, 0) is 48.0 Å². The standard InChI is InChI=1S/C16H10ClF3O3/c17-12-4-8-13(9-5-12)22-15(21)10-3-11-1-6-14(7-2-11)23-16(18,19)20/h1-10H/b10-3+. The first-order chi connectivity index (χ1) is 10.8. The van der Waals surface area contributed by atoms with Gasteiger partial charge in [-0.1, -0.05) is 23.7 Å². The first kappa shape index (κ1) is 16.9. The Morgan fingerprint density at radius 3 is 2.09 bits per heavy atom. The average molecular weight is 343 g/mol. The number of halogens is 4. The van der Waals surface area contributed by atoms with Crippen molar-refractivity contribution < 1.29 is 27.4 Å². The fraction of sp³-hybridized carbons (Fsp3) is 0.0625.